The van der Waals surface area contributed by atoms with E-state index in [4.69, 9.17) is 19.8 Å². The van der Waals surface area contributed by atoms with Gasteiger partial charge in [-0.25, -0.2) is 4.98 Å². The first kappa shape index (κ1) is 32.4. The van der Waals surface area contributed by atoms with Gasteiger partial charge in [0.2, 0.25) is 0 Å². The summed E-state index contributed by atoms with van der Waals surface area (Å²) in [7, 11) is -2.37. The normalized spacial score (nSPS) is 12.3. The van der Waals surface area contributed by atoms with Crippen molar-refractivity contribution in [1.29, 1.82) is 0 Å². The molecule has 0 spiro atoms. The standard InChI is InChI=1S/C23H25F3N4O5.CH4O3S/c1-30-20(23(24,25)26)12-29-22(30)14-2-4-16(5-3-14)35-13-15(31)11-28-8-9-34-17-6-7-19(32)18(10-17)21(27)33;1-5(2,3)4/h2-7,10,12,15,28,31-32H,8-9,11,13H2,1H3,(H2,27,33);1H3,(H,2,3,4). The summed E-state index contributed by atoms with van der Waals surface area (Å²) in [6.07, 6.45) is -3.81. The number of aromatic hydroxyl groups is 1. The second kappa shape index (κ2) is 14.0. The Hall–Kier alpha value is -3.86. The molecule has 220 valence electrons. The first-order valence-electron chi connectivity index (χ1n) is 11.4. The third-order valence-electron chi connectivity index (χ3n) is 4.99. The van der Waals surface area contributed by atoms with E-state index in [1.807, 2.05) is 0 Å². The van der Waals surface area contributed by atoms with E-state index in [1.54, 1.807) is 24.3 Å². The molecule has 0 saturated carbocycles. The lowest BCUT2D eigenvalue weighted by atomic mass is 10.2. The van der Waals surface area contributed by atoms with Crippen LogP contribution in [0, 0.1) is 0 Å². The van der Waals surface area contributed by atoms with Crippen LogP contribution in [0.25, 0.3) is 11.4 Å². The van der Waals surface area contributed by atoms with E-state index in [2.05, 4.69) is 10.3 Å². The van der Waals surface area contributed by atoms with Crippen molar-refractivity contribution in [2.75, 3.05) is 32.6 Å². The number of amides is 1. The number of phenols is 1. The predicted molar refractivity (Wildman–Crippen MR) is 138 cm³/mol. The number of imidazole rings is 1. The van der Waals surface area contributed by atoms with Crippen LogP contribution in [0.5, 0.6) is 17.2 Å². The number of nitrogens with two attached hydrogens (primary N) is 1. The van der Waals surface area contributed by atoms with Gasteiger partial charge in [0.25, 0.3) is 16.0 Å². The van der Waals surface area contributed by atoms with E-state index in [9.17, 15) is 36.6 Å². The van der Waals surface area contributed by atoms with Crippen LogP contribution in [0.15, 0.2) is 48.7 Å². The number of primary amides is 1. The maximum atomic E-state index is 12.9. The lowest BCUT2D eigenvalue weighted by Crippen LogP contribution is -2.33. The Bertz CT molecular complexity index is 1370. The second-order valence-electron chi connectivity index (χ2n) is 8.34. The van der Waals surface area contributed by atoms with Crippen molar-refractivity contribution in [1.82, 2.24) is 14.9 Å². The fourth-order valence-electron chi connectivity index (χ4n) is 3.20. The van der Waals surface area contributed by atoms with E-state index in [0.29, 0.717) is 29.9 Å². The van der Waals surface area contributed by atoms with Gasteiger partial charge in [0.1, 0.15) is 48.1 Å². The van der Waals surface area contributed by atoms with Crippen molar-refractivity contribution in [3.63, 3.8) is 0 Å². The second-order valence-corrected chi connectivity index (χ2v) is 9.81. The van der Waals surface area contributed by atoms with Gasteiger partial charge < -0.3 is 35.3 Å². The Balaban J connectivity index is 0.00000103. The molecule has 1 atom stereocenters. The minimum Gasteiger partial charge on any atom is -0.507 e. The molecule has 1 aromatic heterocycles. The largest absolute Gasteiger partial charge is 0.507 e. The van der Waals surface area contributed by atoms with E-state index in [-0.39, 0.29) is 36.9 Å². The highest BCUT2D eigenvalue weighted by atomic mass is 32.2. The van der Waals surface area contributed by atoms with Crippen LogP contribution in [0.3, 0.4) is 0 Å². The van der Waals surface area contributed by atoms with E-state index >= 15 is 0 Å². The van der Waals surface area contributed by atoms with Crippen molar-refractivity contribution in [2.24, 2.45) is 12.8 Å². The molecule has 0 bridgehead atoms. The highest BCUT2D eigenvalue weighted by molar-refractivity contribution is 7.85. The molecule has 0 aliphatic heterocycles. The molecule has 0 aliphatic carbocycles. The summed E-state index contributed by atoms with van der Waals surface area (Å²) in [5.41, 5.74) is 4.79. The molecule has 1 heterocycles. The van der Waals surface area contributed by atoms with E-state index in [0.717, 1.165) is 10.8 Å². The molecule has 0 aliphatic rings. The van der Waals surface area contributed by atoms with Gasteiger partial charge >= 0.3 is 6.18 Å². The van der Waals surface area contributed by atoms with Gasteiger partial charge in [-0.2, -0.15) is 21.6 Å². The number of carbonyl (C=O) groups excluding carboxylic acids is 1. The summed E-state index contributed by atoms with van der Waals surface area (Å²) in [5.74, 6) is -0.0117. The third kappa shape index (κ3) is 10.7. The molecule has 40 heavy (non-hydrogen) atoms. The Morgan fingerprint density at radius 2 is 1.75 bits per heavy atom. The van der Waals surface area contributed by atoms with Crippen molar-refractivity contribution >= 4 is 16.0 Å². The Labute approximate surface area is 227 Å². The molecule has 16 heteroatoms. The lowest BCUT2D eigenvalue weighted by Gasteiger charge is -2.14. The topological polar surface area (TPSA) is 186 Å². The fourth-order valence-corrected chi connectivity index (χ4v) is 3.20. The minimum absolute atomic E-state index is 0.00619. The number of hydrogen-bond acceptors (Lipinski definition) is 9. The van der Waals surface area contributed by atoms with Crippen molar-refractivity contribution in [3.05, 3.63) is 59.9 Å². The summed E-state index contributed by atoms with van der Waals surface area (Å²) in [6, 6.07) is 10.5. The molecule has 6 N–H and O–H groups in total. The zero-order valence-corrected chi connectivity index (χ0v) is 22.2. The minimum atomic E-state index is -4.49. The number of nitrogens with zero attached hydrogens (tertiary/aromatic N) is 2. The summed E-state index contributed by atoms with van der Waals surface area (Å²) in [4.78, 5) is 15.1. The molecule has 2 aromatic carbocycles. The van der Waals surface area contributed by atoms with Crippen LogP contribution in [0.1, 0.15) is 16.1 Å². The van der Waals surface area contributed by atoms with Gasteiger partial charge in [0, 0.05) is 25.7 Å². The van der Waals surface area contributed by atoms with Crippen LogP contribution in [0.4, 0.5) is 13.2 Å². The highest BCUT2D eigenvalue weighted by Gasteiger charge is 2.35. The lowest BCUT2D eigenvalue weighted by molar-refractivity contribution is -0.143. The number of nitrogens with one attached hydrogen (secondary N) is 1. The first-order chi connectivity index (χ1) is 18.6. The first-order valence-corrected chi connectivity index (χ1v) is 13.3. The molecule has 0 radical (unpaired) electrons. The van der Waals surface area contributed by atoms with E-state index in [1.165, 1.54) is 25.2 Å². The maximum Gasteiger partial charge on any atom is 0.433 e. The van der Waals surface area contributed by atoms with Gasteiger partial charge in [0.05, 0.1) is 18.0 Å². The molecular formula is C24H29F3N4O8S. The van der Waals surface area contributed by atoms with Gasteiger partial charge in [-0.3, -0.25) is 9.35 Å². The number of rotatable bonds is 11. The average molecular weight is 591 g/mol. The summed E-state index contributed by atoms with van der Waals surface area (Å²) < 4.78 is 76.7. The van der Waals surface area contributed by atoms with Gasteiger partial charge in [0.15, 0.2) is 0 Å². The number of carbonyl (C=O) groups is 1. The molecule has 1 unspecified atom stereocenters. The number of aliphatic hydroxyl groups is 1. The van der Waals surface area contributed by atoms with Crippen LogP contribution < -0.4 is 20.5 Å². The Morgan fingerprint density at radius 1 is 1.15 bits per heavy atom. The molecule has 3 rings (SSSR count). The average Bonchev–Trinajstić information content (AvgIpc) is 3.24. The molecule has 12 nitrogen and oxygen atoms in total. The molecular weight excluding hydrogens is 561 g/mol. The van der Waals surface area contributed by atoms with E-state index < -0.39 is 34.0 Å². The van der Waals surface area contributed by atoms with Gasteiger partial charge in [-0.1, -0.05) is 0 Å². The number of hydrogen-bond donors (Lipinski definition) is 5. The third-order valence-corrected chi connectivity index (χ3v) is 4.99. The molecule has 3 aromatic rings. The molecule has 1 amide bonds. The SMILES string of the molecule is CS(=O)(=O)O.Cn1c(C(F)(F)F)cnc1-c1ccc(OCC(O)CNCCOc2ccc(O)c(C(N)=O)c2)cc1. The maximum absolute atomic E-state index is 12.9. The number of aromatic nitrogens is 2. The number of aliphatic hydroxyl groups excluding tert-OH is 1. The van der Waals surface area contributed by atoms with Gasteiger partial charge in [-0.05, 0) is 42.5 Å². The quantitative estimate of drug-likeness (QED) is 0.163. The number of alkyl halides is 3. The van der Waals surface area contributed by atoms with Crippen molar-refractivity contribution in [2.45, 2.75) is 12.3 Å². The predicted octanol–water partition coefficient (Wildman–Crippen LogP) is 1.82. The Kier molecular flexibility index (Phi) is 11.3. The molecule has 0 fully saturated rings. The summed E-state index contributed by atoms with van der Waals surface area (Å²) in [5, 5.41) is 22.6. The molecule has 0 saturated heterocycles. The fraction of sp³-hybridized carbons (Fsp3) is 0.333. The number of benzene rings is 2. The van der Waals surface area contributed by atoms with Crippen LogP contribution >= 0.6 is 0 Å². The summed E-state index contributed by atoms with van der Waals surface area (Å²) >= 11 is 0. The highest BCUT2D eigenvalue weighted by Crippen LogP contribution is 2.32. The smallest absolute Gasteiger partial charge is 0.433 e. The summed E-state index contributed by atoms with van der Waals surface area (Å²) in [6.45, 7) is 0.841. The Morgan fingerprint density at radius 3 is 2.30 bits per heavy atom. The van der Waals surface area contributed by atoms with Crippen LogP contribution in [-0.4, -0.2) is 77.3 Å². The van der Waals surface area contributed by atoms with Crippen LogP contribution in [0.2, 0.25) is 0 Å². The van der Waals surface area contributed by atoms with Crippen molar-refractivity contribution in [3.8, 4) is 28.6 Å². The number of ether oxygens (including phenoxy) is 2. The number of halogens is 3. The van der Waals surface area contributed by atoms with Gasteiger partial charge in [-0.15, -0.1) is 0 Å². The zero-order valence-electron chi connectivity index (χ0n) is 21.4. The zero-order chi connectivity index (χ0) is 30.1. The van der Waals surface area contributed by atoms with Crippen LogP contribution in [-0.2, 0) is 23.3 Å². The van der Waals surface area contributed by atoms with Crippen molar-refractivity contribution < 1.29 is 50.6 Å². The monoisotopic (exact) mass is 590 g/mol.